The molecule has 0 saturated heterocycles. The number of aryl methyl sites for hydroxylation is 1. The maximum atomic E-state index is 12.5. The van der Waals surface area contributed by atoms with Crippen LogP contribution in [-0.2, 0) is 13.0 Å². The van der Waals surface area contributed by atoms with Gasteiger partial charge < -0.3 is 25.0 Å². The minimum absolute atomic E-state index is 0.146. The zero-order valence-corrected chi connectivity index (χ0v) is 17.6. The van der Waals surface area contributed by atoms with Crippen LogP contribution in [0.1, 0.15) is 39.2 Å². The SMILES string of the molecule is CCc1[nH]c(C(=O)Nc2ccc3c(c2)OCCN3Cc2ccccc2C(=O)O)nc1Cl. The molecule has 31 heavy (non-hydrogen) atoms. The third kappa shape index (κ3) is 4.34. The molecule has 1 aliphatic rings. The Bertz CT molecular complexity index is 1140. The number of carbonyl (C=O) groups is 2. The number of carbonyl (C=O) groups excluding carboxylic acids is 1. The van der Waals surface area contributed by atoms with E-state index in [-0.39, 0.29) is 11.4 Å². The number of imidazole rings is 1. The number of nitrogens with one attached hydrogen (secondary N) is 2. The number of aromatic amines is 1. The van der Waals surface area contributed by atoms with Gasteiger partial charge in [-0.05, 0) is 30.2 Å². The van der Waals surface area contributed by atoms with Gasteiger partial charge in [-0.1, -0.05) is 36.7 Å². The molecule has 2 aromatic carbocycles. The zero-order chi connectivity index (χ0) is 22.0. The first-order valence-electron chi connectivity index (χ1n) is 9.85. The average Bonchev–Trinajstić information content (AvgIpc) is 3.15. The molecule has 0 saturated carbocycles. The van der Waals surface area contributed by atoms with Gasteiger partial charge in [-0.25, -0.2) is 9.78 Å². The number of H-pyrrole nitrogens is 1. The number of rotatable bonds is 6. The molecule has 0 bridgehead atoms. The van der Waals surface area contributed by atoms with Crippen molar-refractivity contribution >= 4 is 34.9 Å². The minimum atomic E-state index is -0.952. The first-order valence-corrected chi connectivity index (χ1v) is 10.2. The summed E-state index contributed by atoms with van der Waals surface area (Å²) >= 11 is 6.02. The van der Waals surface area contributed by atoms with Crippen molar-refractivity contribution in [1.29, 1.82) is 0 Å². The number of nitrogens with zero attached hydrogens (tertiary/aromatic N) is 2. The lowest BCUT2D eigenvalue weighted by Gasteiger charge is -2.32. The molecule has 3 aromatic rings. The number of carboxylic acids is 1. The number of aromatic nitrogens is 2. The molecule has 4 rings (SSSR count). The largest absolute Gasteiger partial charge is 0.489 e. The Morgan fingerprint density at radius 1 is 1.29 bits per heavy atom. The monoisotopic (exact) mass is 440 g/mol. The fourth-order valence-electron chi connectivity index (χ4n) is 3.51. The number of fused-ring (bicyclic) bond motifs is 1. The van der Waals surface area contributed by atoms with Gasteiger partial charge in [0.2, 0.25) is 0 Å². The van der Waals surface area contributed by atoms with Crippen molar-refractivity contribution in [3.63, 3.8) is 0 Å². The molecular weight excluding hydrogens is 420 g/mol. The van der Waals surface area contributed by atoms with Crippen LogP contribution in [0.5, 0.6) is 5.75 Å². The van der Waals surface area contributed by atoms with E-state index in [9.17, 15) is 14.7 Å². The molecule has 0 radical (unpaired) electrons. The molecule has 3 N–H and O–H groups in total. The van der Waals surface area contributed by atoms with Crippen molar-refractivity contribution in [1.82, 2.24) is 9.97 Å². The lowest BCUT2D eigenvalue weighted by molar-refractivity contribution is 0.0695. The van der Waals surface area contributed by atoms with Gasteiger partial charge in [-0.3, -0.25) is 4.79 Å². The van der Waals surface area contributed by atoms with Crippen molar-refractivity contribution in [2.24, 2.45) is 0 Å². The molecule has 9 heteroatoms. The van der Waals surface area contributed by atoms with Crippen molar-refractivity contribution in [2.75, 3.05) is 23.4 Å². The summed E-state index contributed by atoms with van der Waals surface area (Å²) in [5.41, 5.74) is 3.10. The van der Waals surface area contributed by atoms with E-state index in [0.717, 1.165) is 11.3 Å². The lowest BCUT2D eigenvalue weighted by Crippen LogP contribution is -2.32. The Kier molecular flexibility index (Phi) is 5.81. The smallest absolute Gasteiger partial charge is 0.336 e. The van der Waals surface area contributed by atoms with E-state index in [4.69, 9.17) is 16.3 Å². The van der Waals surface area contributed by atoms with Crippen LogP contribution in [0.3, 0.4) is 0 Å². The third-order valence-electron chi connectivity index (χ3n) is 5.08. The summed E-state index contributed by atoms with van der Waals surface area (Å²) in [6, 6.07) is 12.3. The number of amides is 1. The van der Waals surface area contributed by atoms with Gasteiger partial charge in [0.1, 0.15) is 12.4 Å². The van der Waals surface area contributed by atoms with Crippen LogP contribution in [0.4, 0.5) is 11.4 Å². The molecule has 2 heterocycles. The zero-order valence-electron chi connectivity index (χ0n) is 16.8. The number of benzene rings is 2. The predicted molar refractivity (Wildman–Crippen MR) is 117 cm³/mol. The molecule has 160 valence electrons. The Morgan fingerprint density at radius 2 is 2.10 bits per heavy atom. The van der Waals surface area contributed by atoms with Gasteiger partial charge >= 0.3 is 5.97 Å². The second-order valence-corrected chi connectivity index (χ2v) is 7.44. The molecule has 0 atom stereocenters. The standard InChI is InChI=1S/C22H21ClN4O4/c1-2-16-19(23)26-20(25-16)21(28)24-14-7-8-17-18(11-14)31-10-9-27(17)12-13-5-3-4-6-15(13)22(29)30/h3-8,11H,2,9-10,12H2,1H3,(H,24,28)(H,25,26)(H,29,30). The molecule has 0 fully saturated rings. The Balaban J connectivity index is 1.53. The molecular formula is C22H21ClN4O4. The van der Waals surface area contributed by atoms with Crippen molar-refractivity contribution in [3.05, 3.63) is 70.3 Å². The number of aromatic carboxylic acids is 1. The van der Waals surface area contributed by atoms with Gasteiger partial charge in [0.05, 0.1) is 23.5 Å². The Morgan fingerprint density at radius 3 is 2.84 bits per heavy atom. The van der Waals surface area contributed by atoms with Crippen LogP contribution in [0.15, 0.2) is 42.5 Å². The number of carboxylic acid groups (broad SMARTS) is 1. The summed E-state index contributed by atoms with van der Waals surface area (Å²) in [6.07, 6.45) is 0.645. The molecule has 1 aliphatic heterocycles. The summed E-state index contributed by atoms with van der Waals surface area (Å²) in [5.74, 6) is -0.591. The van der Waals surface area contributed by atoms with E-state index in [0.29, 0.717) is 48.4 Å². The topological polar surface area (TPSA) is 108 Å². The summed E-state index contributed by atoms with van der Waals surface area (Å²) in [5, 5.41) is 12.5. The van der Waals surface area contributed by atoms with Gasteiger partial charge in [-0.2, -0.15) is 0 Å². The molecule has 1 amide bonds. The maximum absolute atomic E-state index is 12.5. The third-order valence-corrected chi connectivity index (χ3v) is 5.40. The first kappa shape index (κ1) is 20.7. The Labute approximate surface area is 183 Å². The van der Waals surface area contributed by atoms with E-state index in [1.807, 2.05) is 25.1 Å². The van der Waals surface area contributed by atoms with Gasteiger partial charge in [0.15, 0.2) is 11.0 Å². The minimum Gasteiger partial charge on any atom is -0.489 e. The van der Waals surface area contributed by atoms with Crippen molar-refractivity contribution < 1.29 is 19.4 Å². The van der Waals surface area contributed by atoms with Crippen LogP contribution in [-0.4, -0.2) is 40.1 Å². The number of hydrogen-bond donors (Lipinski definition) is 3. The van der Waals surface area contributed by atoms with E-state index >= 15 is 0 Å². The van der Waals surface area contributed by atoms with Gasteiger partial charge in [-0.15, -0.1) is 0 Å². The second-order valence-electron chi connectivity index (χ2n) is 7.08. The fourth-order valence-corrected chi connectivity index (χ4v) is 3.78. The van der Waals surface area contributed by atoms with Crippen LogP contribution >= 0.6 is 11.6 Å². The van der Waals surface area contributed by atoms with Gasteiger partial charge in [0.25, 0.3) is 5.91 Å². The van der Waals surface area contributed by atoms with E-state index in [1.165, 1.54) is 0 Å². The second kappa shape index (κ2) is 8.69. The van der Waals surface area contributed by atoms with Crippen molar-refractivity contribution in [3.8, 4) is 5.75 Å². The summed E-state index contributed by atoms with van der Waals surface area (Å²) < 4.78 is 5.78. The summed E-state index contributed by atoms with van der Waals surface area (Å²) in [4.78, 5) is 33.1. The molecule has 0 aliphatic carbocycles. The highest BCUT2D eigenvalue weighted by Gasteiger charge is 2.22. The highest BCUT2D eigenvalue weighted by atomic mass is 35.5. The highest BCUT2D eigenvalue weighted by molar-refractivity contribution is 6.30. The van der Waals surface area contributed by atoms with Crippen LogP contribution in [0, 0.1) is 0 Å². The van der Waals surface area contributed by atoms with E-state index < -0.39 is 11.9 Å². The molecule has 1 aromatic heterocycles. The lowest BCUT2D eigenvalue weighted by atomic mass is 10.1. The maximum Gasteiger partial charge on any atom is 0.336 e. The summed E-state index contributed by atoms with van der Waals surface area (Å²) in [7, 11) is 0. The first-order chi connectivity index (χ1) is 15.0. The number of halogens is 1. The normalized spacial score (nSPS) is 12.8. The predicted octanol–water partition coefficient (Wildman–Crippen LogP) is 3.98. The van der Waals surface area contributed by atoms with E-state index in [2.05, 4.69) is 20.2 Å². The van der Waals surface area contributed by atoms with Crippen molar-refractivity contribution in [2.45, 2.75) is 19.9 Å². The number of ether oxygens (including phenoxy) is 1. The van der Waals surface area contributed by atoms with Crippen LogP contribution in [0.2, 0.25) is 5.15 Å². The number of hydrogen-bond acceptors (Lipinski definition) is 5. The van der Waals surface area contributed by atoms with Crippen LogP contribution < -0.4 is 15.0 Å². The quantitative estimate of drug-likeness (QED) is 0.535. The van der Waals surface area contributed by atoms with E-state index in [1.54, 1.807) is 24.3 Å². The number of anilines is 2. The molecule has 0 spiro atoms. The molecule has 8 nitrogen and oxygen atoms in total. The summed E-state index contributed by atoms with van der Waals surface area (Å²) in [6.45, 7) is 3.43. The highest BCUT2D eigenvalue weighted by Crippen LogP contribution is 2.35. The molecule has 0 unspecified atom stereocenters. The Hall–Kier alpha value is -3.52. The average molecular weight is 441 g/mol. The fraction of sp³-hybridized carbons (Fsp3) is 0.227. The van der Waals surface area contributed by atoms with Crippen LogP contribution in [0.25, 0.3) is 0 Å². The van der Waals surface area contributed by atoms with Gasteiger partial charge in [0, 0.05) is 18.3 Å².